The second-order valence-corrected chi connectivity index (χ2v) is 8.50. The molecule has 0 atom stereocenters. The lowest BCUT2D eigenvalue weighted by Gasteiger charge is -2.05. The SMILES string of the molecule is CCCCNc1oc(-c2ccccc2Cl)nc1S(=O)(=O)c1ccc(C)cc1. The summed E-state index contributed by atoms with van der Waals surface area (Å²) in [6.45, 7) is 4.55. The highest BCUT2D eigenvalue weighted by Gasteiger charge is 2.28. The fraction of sp³-hybridized carbons (Fsp3) is 0.250. The zero-order valence-corrected chi connectivity index (χ0v) is 16.8. The van der Waals surface area contributed by atoms with Gasteiger partial charge in [0.15, 0.2) is 0 Å². The number of oxazole rings is 1. The summed E-state index contributed by atoms with van der Waals surface area (Å²) in [6, 6.07) is 13.7. The van der Waals surface area contributed by atoms with Crippen LogP contribution >= 0.6 is 11.6 Å². The molecular weight excluding hydrogens is 384 g/mol. The molecule has 0 aliphatic heterocycles. The summed E-state index contributed by atoms with van der Waals surface area (Å²) in [6.07, 6.45) is 1.85. The van der Waals surface area contributed by atoms with Gasteiger partial charge in [0, 0.05) is 6.54 Å². The van der Waals surface area contributed by atoms with Crippen LogP contribution in [0.5, 0.6) is 0 Å². The van der Waals surface area contributed by atoms with Crippen LogP contribution < -0.4 is 5.32 Å². The number of nitrogens with zero attached hydrogens (tertiary/aromatic N) is 1. The van der Waals surface area contributed by atoms with E-state index in [1.54, 1.807) is 48.5 Å². The van der Waals surface area contributed by atoms with Gasteiger partial charge in [-0.2, -0.15) is 4.98 Å². The Morgan fingerprint density at radius 2 is 1.81 bits per heavy atom. The molecule has 0 amide bonds. The number of halogens is 1. The minimum atomic E-state index is -3.83. The van der Waals surface area contributed by atoms with E-state index in [9.17, 15) is 8.42 Å². The van der Waals surface area contributed by atoms with Gasteiger partial charge in [0.1, 0.15) is 0 Å². The average molecular weight is 405 g/mol. The van der Waals surface area contributed by atoms with Crippen LogP contribution in [-0.2, 0) is 9.84 Å². The molecule has 1 N–H and O–H groups in total. The third kappa shape index (κ3) is 4.17. The molecule has 0 aliphatic rings. The first-order chi connectivity index (χ1) is 12.9. The van der Waals surface area contributed by atoms with Gasteiger partial charge in [-0.05, 0) is 37.6 Å². The molecule has 142 valence electrons. The molecule has 0 aliphatic carbocycles. The molecule has 0 unspecified atom stereocenters. The molecule has 0 bridgehead atoms. The van der Waals surface area contributed by atoms with Crippen molar-refractivity contribution < 1.29 is 12.8 Å². The first kappa shape index (κ1) is 19.5. The number of aryl methyl sites for hydroxylation is 1. The molecule has 0 spiro atoms. The summed E-state index contributed by atoms with van der Waals surface area (Å²) in [5, 5.41) is 3.37. The predicted octanol–water partition coefficient (Wildman–Crippen LogP) is 5.35. The number of sulfone groups is 1. The third-order valence-electron chi connectivity index (χ3n) is 4.10. The maximum Gasteiger partial charge on any atom is 0.233 e. The van der Waals surface area contributed by atoms with E-state index in [1.165, 1.54) is 0 Å². The predicted molar refractivity (Wildman–Crippen MR) is 107 cm³/mol. The quantitative estimate of drug-likeness (QED) is 0.537. The van der Waals surface area contributed by atoms with E-state index in [4.69, 9.17) is 16.0 Å². The van der Waals surface area contributed by atoms with E-state index in [2.05, 4.69) is 17.2 Å². The lowest BCUT2D eigenvalue weighted by atomic mass is 10.2. The monoisotopic (exact) mass is 404 g/mol. The van der Waals surface area contributed by atoms with Gasteiger partial charge in [-0.1, -0.05) is 54.8 Å². The van der Waals surface area contributed by atoms with Crippen molar-refractivity contribution in [3.8, 4) is 11.5 Å². The smallest absolute Gasteiger partial charge is 0.233 e. The normalized spacial score (nSPS) is 11.5. The Labute approximate surface area is 164 Å². The van der Waals surface area contributed by atoms with Crippen LogP contribution in [-0.4, -0.2) is 19.9 Å². The van der Waals surface area contributed by atoms with Crippen LogP contribution in [0.15, 0.2) is 62.9 Å². The van der Waals surface area contributed by atoms with E-state index in [0.29, 0.717) is 17.1 Å². The van der Waals surface area contributed by atoms with Gasteiger partial charge < -0.3 is 9.73 Å². The van der Waals surface area contributed by atoms with Crippen LogP contribution in [0.2, 0.25) is 5.02 Å². The van der Waals surface area contributed by atoms with Crippen molar-refractivity contribution in [3.05, 3.63) is 59.1 Å². The second kappa shape index (κ2) is 8.15. The van der Waals surface area contributed by atoms with Crippen molar-refractivity contribution in [3.63, 3.8) is 0 Å². The summed E-state index contributed by atoms with van der Waals surface area (Å²) in [5.41, 5.74) is 1.52. The van der Waals surface area contributed by atoms with Crippen LogP contribution in [0.3, 0.4) is 0 Å². The van der Waals surface area contributed by atoms with E-state index >= 15 is 0 Å². The van der Waals surface area contributed by atoms with Gasteiger partial charge in [-0.25, -0.2) is 8.42 Å². The van der Waals surface area contributed by atoms with Crippen LogP contribution in [0.25, 0.3) is 11.5 Å². The van der Waals surface area contributed by atoms with Crippen molar-refractivity contribution >= 4 is 27.3 Å². The highest BCUT2D eigenvalue weighted by atomic mass is 35.5. The topological polar surface area (TPSA) is 72.2 Å². The summed E-state index contributed by atoms with van der Waals surface area (Å²) >= 11 is 6.23. The molecule has 7 heteroatoms. The van der Waals surface area contributed by atoms with Gasteiger partial charge in [-0.3, -0.25) is 0 Å². The van der Waals surface area contributed by atoms with E-state index in [1.807, 2.05) is 6.92 Å². The van der Waals surface area contributed by atoms with E-state index in [0.717, 1.165) is 18.4 Å². The lowest BCUT2D eigenvalue weighted by molar-refractivity contribution is 0.575. The van der Waals surface area contributed by atoms with Gasteiger partial charge in [0.05, 0.1) is 15.5 Å². The first-order valence-corrected chi connectivity index (χ1v) is 10.6. The van der Waals surface area contributed by atoms with Gasteiger partial charge in [0.25, 0.3) is 0 Å². The van der Waals surface area contributed by atoms with Crippen LogP contribution in [0.4, 0.5) is 5.88 Å². The minimum Gasteiger partial charge on any atom is -0.419 e. The van der Waals surface area contributed by atoms with Crippen LogP contribution in [0, 0.1) is 6.92 Å². The van der Waals surface area contributed by atoms with Gasteiger partial charge in [-0.15, -0.1) is 0 Å². The molecule has 3 aromatic rings. The Balaban J connectivity index is 2.09. The number of nitrogens with one attached hydrogen (secondary N) is 1. The maximum absolute atomic E-state index is 13.1. The number of aromatic nitrogens is 1. The lowest BCUT2D eigenvalue weighted by Crippen LogP contribution is -2.08. The zero-order chi connectivity index (χ0) is 19.4. The van der Waals surface area contributed by atoms with E-state index < -0.39 is 9.84 Å². The molecule has 5 nitrogen and oxygen atoms in total. The molecule has 27 heavy (non-hydrogen) atoms. The fourth-order valence-corrected chi connectivity index (χ4v) is 4.05. The number of hydrogen-bond acceptors (Lipinski definition) is 5. The number of anilines is 1. The molecule has 2 aromatic carbocycles. The van der Waals surface area contributed by atoms with Crippen LogP contribution in [0.1, 0.15) is 25.3 Å². The number of rotatable bonds is 7. The van der Waals surface area contributed by atoms with Gasteiger partial charge in [0.2, 0.25) is 26.6 Å². The number of hydrogen-bond donors (Lipinski definition) is 1. The highest BCUT2D eigenvalue weighted by molar-refractivity contribution is 7.91. The Bertz CT molecular complexity index is 1030. The maximum atomic E-state index is 13.1. The molecule has 3 rings (SSSR count). The Morgan fingerprint density at radius 1 is 1.11 bits per heavy atom. The standard InChI is InChI=1S/C20H21ClN2O3S/c1-3-4-13-22-19-20(27(24,25)15-11-9-14(2)10-12-15)23-18(26-19)16-7-5-6-8-17(16)21/h5-12,22H,3-4,13H2,1-2H3. The molecular formula is C20H21ClN2O3S. The summed E-state index contributed by atoms with van der Waals surface area (Å²) < 4.78 is 32.0. The first-order valence-electron chi connectivity index (χ1n) is 8.75. The molecule has 1 aromatic heterocycles. The largest absolute Gasteiger partial charge is 0.419 e. The third-order valence-corrected chi connectivity index (χ3v) is 6.11. The molecule has 0 radical (unpaired) electrons. The summed E-state index contributed by atoms with van der Waals surface area (Å²) in [7, 11) is -3.83. The van der Waals surface area contributed by atoms with Gasteiger partial charge >= 0.3 is 0 Å². The number of benzene rings is 2. The summed E-state index contributed by atoms with van der Waals surface area (Å²) in [4.78, 5) is 4.46. The van der Waals surface area contributed by atoms with E-state index in [-0.39, 0.29) is 21.7 Å². The highest BCUT2D eigenvalue weighted by Crippen LogP contribution is 2.35. The Hall–Kier alpha value is -2.31. The minimum absolute atomic E-state index is 0.127. The second-order valence-electron chi connectivity index (χ2n) is 6.23. The zero-order valence-electron chi connectivity index (χ0n) is 15.2. The summed E-state index contributed by atoms with van der Waals surface area (Å²) in [5.74, 6) is 0.309. The molecule has 0 saturated carbocycles. The average Bonchev–Trinajstić information content (AvgIpc) is 3.07. The Morgan fingerprint density at radius 3 is 2.48 bits per heavy atom. The van der Waals surface area contributed by atoms with Crippen molar-refractivity contribution in [2.45, 2.75) is 36.6 Å². The fourth-order valence-electron chi connectivity index (χ4n) is 2.56. The van der Waals surface area contributed by atoms with Crippen molar-refractivity contribution in [2.75, 3.05) is 11.9 Å². The molecule has 1 heterocycles. The van der Waals surface area contributed by atoms with Crippen molar-refractivity contribution in [2.24, 2.45) is 0 Å². The number of unbranched alkanes of at least 4 members (excludes halogenated alkanes) is 1. The molecule has 0 fully saturated rings. The van der Waals surface area contributed by atoms with Crippen molar-refractivity contribution in [1.82, 2.24) is 4.98 Å². The van der Waals surface area contributed by atoms with Crippen molar-refractivity contribution in [1.29, 1.82) is 0 Å². The molecule has 0 saturated heterocycles. The Kier molecular flexibility index (Phi) is 5.87.